The van der Waals surface area contributed by atoms with Crippen LogP contribution in [0.5, 0.6) is 0 Å². The van der Waals surface area contributed by atoms with Crippen molar-refractivity contribution in [3.63, 3.8) is 0 Å². The first-order valence-electron chi connectivity index (χ1n) is 12.0. The SMILES string of the molecule is CCCC1CCC(CCNC(=O)C(c2ccccc2)(c2ccccc2)C(C)C)CC1. The van der Waals surface area contributed by atoms with E-state index in [9.17, 15) is 4.79 Å². The van der Waals surface area contributed by atoms with Crippen LogP contribution in [0.1, 0.15) is 76.8 Å². The number of amides is 1. The van der Waals surface area contributed by atoms with Crippen LogP contribution < -0.4 is 5.32 Å². The standard InChI is InChI=1S/C28H39NO/c1-4-11-23-16-18-24(19-17-23)20-21-29-27(30)28(22(2)3,25-12-7-5-8-13-25)26-14-9-6-10-15-26/h5-10,12-15,22-24H,4,11,16-21H2,1-3H3,(H,29,30). The molecule has 0 atom stereocenters. The van der Waals surface area contributed by atoms with Gasteiger partial charge in [-0.2, -0.15) is 0 Å². The molecule has 0 spiro atoms. The van der Waals surface area contributed by atoms with Crippen LogP contribution >= 0.6 is 0 Å². The van der Waals surface area contributed by atoms with Gasteiger partial charge in [-0.3, -0.25) is 4.79 Å². The fourth-order valence-electron chi connectivity index (χ4n) is 5.51. The Kier molecular flexibility index (Phi) is 8.13. The highest BCUT2D eigenvalue weighted by atomic mass is 16.2. The van der Waals surface area contributed by atoms with Crippen LogP contribution in [0.2, 0.25) is 0 Å². The Morgan fingerprint density at radius 3 is 1.77 bits per heavy atom. The van der Waals surface area contributed by atoms with Gasteiger partial charge in [0.2, 0.25) is 5.91 Å². The first kappa shape index (κ1) is 22.6. The maximum Gasteiger partial charge on any atom is 0.235 e. The summed E-state index contributed by atoms with van der Waals surface area (Å²) in [5.74, 6) is 1.98. The van der Waals surface area contributed by atoms with Crippen molar-refractivity contribution in [1.82, 2.24) is 5.32 Å². The molecular formula is C28H39NO. The Balaban J connectivity index is 1.72. The molecule has 1 aliphatic rings. The van der Waals surface area contributed by atoms with Gasteiger partial charge in [0, 0.05) is 6.54 Å². The zero-order valence-electron chi connectivity index (χ0n) is 19.1. The molecule has 162 valence electrons. The summed E-state index contributed by atoms with van der Waals surface area (Å²) in [6.45, 7) is 7.39. The Labute approximate surface area is 183 Å². The van der Waals surface area contributed by atoms with E-state index in [1.807, 2.05) is 36.4 Å². The molecule has 0 aromatic heterocycles. The average molecular weight is 406 g/mol. The first-order valence-corrected chi connectivity index (χ1v) is 12.0. The smallest absolute Gasteiger partial charge is 0.235 e. The van der Waals surface area contributed by atoms with E-state index in [4.69, 9.17) is 0 Å². The summed E-state index contributed by atoms with van der Waals surface area (Å²) in [6.07, 6.45) is 9.19. The predicted octanol–water partition coefficient (Wildman–Crippen LogP) is 6.74. The van der Waals surface area contributed by atoms with Crippen LogP contribution in [0.25, 0.3) is 0 Å². The molecule has 2 heteroatoms. The van der Waals surface area contributed by atoms with Gasteiger partial charge in [0.05, 0.1) is 0 Å². The molecule has 1 aliphatic carbocycles. The zero-order chi connectivity index (χ0) is 21.4. The van der Waals surface area contributed by atoms with Gasteiger partial charge in [-0.25, -0.2) is 0 Å². The van der Waals surface area contributed by atoms with Gasteiger partial charge in [-0.15, -0.1) is 0 Å². The monoisotopic (exact) mass is 405 g/mol. The van der Waals surface area contributed by atoms with Crippen molar-refractivity contribution < 1.29 is 4.79 Å². The summed E-state index contributed by atoms with van der Waals surface area (Å²) in [7, 11) is 0. The fourth-order valence-corrected chi connectivity index (χ4v) is 5.51. The average Bonchev–Trinajstić information content (AvgIpc) is 2.77. The van der Waals surface area contributed by atoms with E-state index in [2.05, 4.69) is 50.4 Å². The number of rotatable bonds is 9. The number of hydrogen-bond donors (Lipinski definition) is 1. The molecule has 0 heterocycles. The van der Waals surface area contributed by atoms with E-state index < -0.39 is 5.41 Å². The molecular weight excluding hydrogens is 366 g/mol. The second-order valence-corrected chi connectivity index (χ2v) is 9.41. The maximum absolute atomic E-state index is 13.8. The second-order valence-electron chi connectivity index (χ2n) is 9.41. The predicted molar refractivity (Wildman–Crippen MR) is 126 cm³/mol. The highest BCUT2D eigenvalue weighted by Crippen LogP contribution is 2.40. The van der Waals surface area contributed by atoms with Crippen molar-refractivity contribution in [2.24, 2.45) is 17.8 Å². The minimum Gasteiger partial charge on any atom is -0.355 e. The zero-order valence-corrected chi connectivity index (χ0v) is 19.1. The van der Waals surface area contributed by atoms with Crippen LogP contribution in [0.15, 0.2) is 60.7 Å². The van der Waals surface area contributed by atoms with Crippen LogP contribution in [0.3, 0.4) is 0 Å². The van der Waals surface area contributed by atoms with Crippen molar-refractivity contribution in [3.05, 3.63) is 71.8 Å². The summed E-state index contributed by atoms with van der Waals surface area (Å²) in [6, 6.07) is 20.6. The Hall–Kier alpha value is -2.09. The quantitative estimate of drug-likeness (QED) is 0.492. The van der Waals surface area contributed by atoms with Gasteiger partial charge < -0.3 is 5.32 Å². The van der Waals surface area contributed by atoms with Crippen molar-refractivity contribution in [3.8, 4) is 0 Å². The lowest BCUT2D eigenvalue weighted by Gasteiger charge is -2.37. The van der Waals surface area contributed by atoms with Gasteiger partial charge in [0.1, 0.15) is 5.41 Å². The number of benzene rings is 2. The van der Waals surface area contributed by atoms with Crippen molar-refractivity contribution in [1.29, 1.82) is 0 Å². The Morgan fingerprint density at radius 2 is 1.33 bits per heavy atom. The molecule has 0 unspecified atom stereocenters. The van der Waals surface area contributed by atoms with Gasteiger partial charge in [-0.05, 0) is 35.3 Å². The molecule has 1 amide bonds. The number of carbonyl (C=O) groups excluding carboxylic acids is 1. The normalized spacial score (nSPS) is 19.6. The summed E-state index contributed by atoms with van der Waals surface area (Å²) in [5, 5.41) is 3.35. The molecule has 0 radical (unpaired) electrons. The lowest BCUT2D eigenvalue weighted by atomic mass is 9.66. The lowest BCUT2D eigenvalue weighted by Crippen LogP contribution is -2.49. The molecule has 1 N–H and O–H groups in total. The molecule has 1 fully saturated rings. The molecule has 0 aliphatic heterocycles. The lowest BCUT2D eigenvalue weighted by molar-refractivity contribution is -0.126. The third-order valence-electron chi connectivity index (χ3n) is 7.18. The van der Waals surface area contributed by atoms with Gasteiger partial charge in [0.25, 0.3) is 0 Å². The van der Waals surface area contributed by atoms with E-state index in [-0.39, 0.29) is 11.8 Å². The summed E-state index contributed by atoms with van der Waals surface area (Å²) >= 11 is 0. The van der Waals surface area contributed by atoms with E-state index in [0.717, 1.165) is 35.9 Å². The highest BCUT2D eigenvalue weighted by molar-refractivity contribution is 5.92. The van der Waals surface area contributed by atoms with E-state index in [1.54, 1.807) is 0 Å². The molecule has 3 rings (SSSR count). The molecule has 2 nitrogen and oxygen atoms in total. The van der Waals surface area contributed by atoms with Gasteiger partial charge >= 0.3 is 0 Å². The number of nitrogens with one attached hydrogen (secondary N) is 1. The third-order valence-corrected chi connectivity index (χ3v) is 7.18. The molecule has 1 saturated carbocycles. The Bertz CT molecular complexity index is 720. The summed E-state index contributed by atoms with van der Waals surface area (Å²) in [4.78, 5) is 13.8. The molecule has 2 aromatic carbocycles. The van der Waals surface area contributed by atoms with Crippen LogP contribution in [-0.2, 0) is 10.2 Å². The Morgan fingerprint density at radius 1 is 0.867 bits per heavy atom. The fraction of sp³-hybridized carbons (Fsp3) is 0.536. The number of carbonyl (C=O) groups is 1. The largest absolute Gasteiger partial charge is 0.355 e. The van der Waals surface area contributed by atoms with E-state index >= 15 is 0 Å². The van der Waals surface area contributed by atoms with Crippen LogP contribution in [0, 0.1) is 17.8 Å². The van der Waals surface area contributed by atoms with Crippen molar-refractivity contribution in [2.75, 3.05) is 6.54 Å². The van der Waals surface area contributed by atoms with Gasteiger partial charge in [0.15, 0.2) is 0 Å². The highest BCUT2D eigenvalue weighted by Gasteiger charge is 2.44. The van der Waals surface area contributed by atoms with Crippen molar-refractivity contribution in [2.45, 2.75) is 71.1 Å². The first-order chi connectivity index (χ1) is 14.6. The summed E-state index contributed by atoms with van der Waals surface area (Å²) < 4.78 is 0. The molecule has 30 heavy (non-hydrogen) atoms. The minimum atomic E-state index is -0.665. The van der Waals surface area contributed by atoms with E-state index in [1.165, 1.54) is 38.5 Å². The van der Waals surface area contributed by atoms with E-state index in [0.29, 0.717) is 0 Å². The molecule has 0 saturated heterocycles. The van der Waals surface area contributed by atoms with Crippen molar-refractivity contribution >= 4 is 5.91 Å². The van der Waals surface area contributed by atoms with Crippen LogP contribution in [-0.4, -0.2) is 12.5 Å². The summed E-state index contributed by atoms with van der Waals surface area (Å²) in [5.41, 5.74) is 1.48. The second kappa shape index (κ2) is 10.8. The third kappa shape index (κ3) is 4.96. The van der Waals surface area contributed by atoms with Crippen LogP contribution in [0.4, 0.5) is 0 Å². The number of hydrogen-bond acceptors (Lipinski definition) is 1. The minimum absolute atomic E-state index is 0.134. The van der Waals surface area contributed by atoms with Gasteiger partial charge in [-0.1, -0.05) is 120 Å². The molecule has 0 bridgehead atoms. The molecule has 2 aromatic rings. The maximum atomic E-state index is 13.8. The topological polar surface area (TPSA) is 29.1 Å².